The van der Waals surface area contributed by atoms with E-state index in [1.54, 1.807) is 25.2 Å². The molecular formula is C13H12N2O3. The topological polar surface area (TPSA) is 82.5 Å². The number of phenolic OH excluding ortho intramolecular Hbond substituents is 1. The maximum atomic E-state index is 10.7. The lowest BCUT2D eigenvalue weighted by Gasteiger charge is -2.06. The van der Waals surface area contributed by atoms with Gasteiger partial charge in [0.1, 0.15) is 11.4 Å². The number of phenols is 1. The number of aromatic hydroxyl groups is 1. The molecule has 0 saturated carbocycles. The van der Waals surface area contributed by atoms with Crippen molar-refractivity contribution in [3.63, 3.8) is 0 Å². The van der Waals surface area contributed by atoms with E-state index in [1.807, 2.05) is 6.07 Å². The second-order valence-electron chi connectivity index (χ2n) is 3.72. The van der Waals surface area contributed by atoms with E-state index < -0.39 is 5.97 Å². The van der Waals surface area contributed by atoms with Crippen LogP contribution < -0.4 is 5.32 Å². The monoisotopic (exact) mass is 244 g/mol. The van der Waals surface area contributed by atoms with E-state index in [9.17, 15) is 9.90 Å². The molecule has 18 heavy (non-hydrogen) atoms. The van der Waals surface area contributed by atoms with E-state index in [2.05, 4.69) is 10.3 Å². The van der Waals surface area contributed by atoms with Crippen LogP contribution >= 0.6 is 0 Å². The summed E-state index contributed by atoms with van der Waals surface area (Å²) in [6, 6.07) is 8.26. The molecule has 0 spiro atoms. The predicted molar refractivity (Wildman–Crippen MR) is 67.8 cm³/mol. The van der Waals surface area contributed by atoms with E-state index in [0.717, 1.165) is 11.1 Å². The summed E-state index contributed by atoms with van der Waals surface area (Å²) in [6.07, 6.45) is 1.47. The van der Waals surface area contributed by atoms with Crippen molar-refractivity contribution in [1.29, 1.82) is 0 Å². The van der Waals surface area contributed by atoms with Crippen LogP contribution in [0.3, 0.4) is 0 Å². The van der Waals surface area contributed by atoms with Gasteiger partial charge in [0.2, 0.25) is 0 Å². The zero-order chi connectivity index (χ0) is 13.1. The molecule has 5 nitrogen and oxygen atoms in total. The van der Waals surface area contributed by atoms with Gasteiger partial charge in [-0.2, -0.15) is 0 Å². The van der Waals surface area contributed by atoms with Crippen LogP contribution in [0.2, 0.25) is 0 Å². The van der Waals surface area contributed by atoms with Gasteiger partial charge in [0.15, 0.2) is 0 Å². The molecule has 0 fully saturated rings. The van der Waals surface area contributed by atoms with Gasteiger partial charge in [-0.3, -0.25) is 0 Å². The Bertz CT molecular complexity index is 579. The third-order valence-electron chi connectivity index (χ3n) is 2.58. The lowest BCUT2D eigenvalue weighted by molar-refractivity contribution is 0.0690. The molecule has 1 aromatic heterocycles. The van der Waals surface area contributed by atoms with Crippen LogP contribution in [-0.4, -0.2) is 28.2 Å². The van der Waals surface area contributed by atoms with Crippen LogP contribution in [0.25, 0.3) is 11.1 Å². The average molecular weight is 244 g/mol. The summed E-state index contributed by atoms with van der Waals surface area (Å²) in [5, 5.41) is 21.3. The number of nitrogens with one attached hydrogen (secondary N) is 1. The second-order valence-corrected chi connectivity index (χ2v) is 3.72. The summed E-state index contributed by atoms with van der Waals surface area (Å²) in [4.78, 5) is 14.5. The smallest absolute Gasteiger partial charge is 0.354 e. The first-order chi connectivity index (χ1) is 8.61. The van der Waals surface area contributed by atoms with Crippen LogP contribution in [0.5, 0.6) is 5.75 Å². The number of carboxylic acids is 1. The predicted octanol–water partition coefficient (Wildman–Crippen LogP) is 2.19. The van der Waals surface area contributed by atoms with Gasteiger partial charge in [0.25, 0.3) is 0 Å². The summed E-state index contributed by atoms with van der Waals surface area (Å²) in [5.41, 5.74) is 2.15. The molecule has 5 heteroatoms. The van der Waals surface area contributed by atoms with Gasteiger partial charge in [-0.1, -0.05) is 12.1 Å². The van der Waals surface area contributed by atoms with Crippen LogP contribution in [0, 0.1) is 0 Å². The van der Waals surface area contributed by atoms with Crippen LogP contribution in [0.4, 0.5) is 5.69 Å². The molecule has 3 N–H and O–H groups in total. The molecule has 1 heterocycles. The summed E-state index contributed by atoms with van der Waals surface area (Å²) in [5.74, 6) is -0.924. The fourth-order valence-corrected chi connectivity index (χ4v) is 1.61. The van der Waals surface area contributed by atoms with Gasteiger partial charge in [0, 0.05) is 18.8 Å². The van der Waals surface area contributed by atoms with Crippen molar-refractivity contribution < 1.29 is 15.0 Å². The number of carbonyl (C=O) groups is 1. The first-order valence-electron chi connectivity index (χ1n) is 5.32. The molecule has 0 aliphatic heterocycles. The van der Waals surface area contributed by atoms with Crippen molar-refractivity contribution in [2.75, 3.05) is 12.4 Å². The van der Waals surface area contributed by atoms with Crippen molar-refractivity contribution in [2.24, 2.45) is 0 Å². The number of anilines is 1. The fraction of sp³-hybridized carbons (Fsp3) is 0.0769. The number of hydrogen-bond acceptors (Lipinski definition) is 4. The Morgan fingerprint density at radius 3 is 2.44 bits per heavy atom. The van der Waals surface area contributed by atoms with Crippen molar-refractivity contribution >= 4 is 11.7 Å². The third-order valence-corrected chi connectivity index (χ3v) is 2.58. The van der Waals surface area contributed by atoms with Gasteiger partial charge in [-0.15, -0.1) is 0 Å². The molecule has 2 aromatic rings. The zero-order valence-corrected chi connectivity index (χ0v) is 9.71. The lowest BCUT2D eigenvalue weighted by atomic mass is 10.1. The number of nitrogens with zero attached hydrogens (tertiary/aromatic N) is 1. The number of pyridine rings is 1. The number of carboxylic acid groups (broad SMARTS) is 1. The Morgan fingerprint density at radius 1 is 1.22 bits per heavy atom. The van der Waals surface area contributed by atoms with Crippen molar-refractivity contribution in [3.8, 4) is 16.9 Å². The minimum Gasteiger partial charge on any atom is -0.506 e. The standard InChI is InChI=1S/C13H12N2O3/c1-14-10-4-2-8(6-12(10)16)9-3-5-11(13(17)18)15-7-9/h2-7,14,16H,1H3,(H,17,18). The Kier molecular flexibility index (Phi) is 3.14. The quantitative estimate of drug-likeness (QED) is 0.721. The number of aromatic nitrogens is 1. The van der Waals surface area contributed by atoms with Gasteiger partial charge in [-0.25, -0.2) is 9.78 Å². The molecule has 0 radical (unpaired) electrons. The molecule has 0 bridgehead atoms. The Hall–Kier alpha value is -2.56. The van der Waals surface area contributed by atoms with E-state index in [-0.39, 0.29) is 11.4 Å². The van der Waals surface area contributed by atoms with Gasteiger partial charge in [0.05, 0.1) is 5.69 Å². The van der Waals surface area contributed by atoms with Gasteiger partial charge in [-0.05, 0) is 23.8 Å². The highest BCUT2D eigenvalue weighted by molar-refractivity contribution is 5.85. The fourth-order valence-electron chi connectivity index (χ4n) is 1.61. The van der Waals surface area contributed by atoms with Crippen LogP contribution in [0.15, 0.2) is 36.5 Å². The molecule has 0 saturated heterocycles. The lowest BCUT2D eigenvalue weighted by Crippen LogP contribution is -1.99. The summed E-state index contributed by atoms with van der Waals surface area (Å²) in [7, 11) is 1.72. The van der Waals surface area contributed by atoms with Crippen molar-refractivity contribution in [1.82, 2.24) is 4.98 Å². The first kappa shape index (κ1) is 11.9. The summed E-state index contributed by atoms with van der Waals surface area (Å²) >= 11 is 0. The third kappa shape index (κ3) is 2.24. The van der Waals surface area contributed by atoms with E-state index >= 15 is 0 Å². The van der Waals surface area contributed by atoms with E-state index in [0.29, 0.717) is 5.69 Å². The molecule has 92 valence electrons. The molecule has 0 unspecified atom stereocenters. The normalized spacial score (nSPS) is 10.1. The van der Waals surface area contributed by atoms with Gasteiger partial charge >= 0.3 is 5.97 Å². The van der Waals surface area contributed by atoms with E-state index in [1.165, 1.54) is 12.3 Å². The Labute approximate surface area is 104 Å². The number of aromatic carboxylic acids is 1. The molecular weight excluding hydrogens is 232 g/mol. The molecule has 0 atom stereocenters. The highest BCUT2D eigenvalue weighted by Gasteiger charge is 2.06. The average Bonchev–Trinajstić information content (AvgIpc) is 2.38. The molecule has 1 aromatic carbocycles. The molecule has 0 aliphatic rings. The van der Waals surface area contributed by atoms with E-state index in [4.69, 9.17) is 5.11 Å². The first-order valence-corrected chi connectivity index (χ1v) is 5.32. The van der Waals surface area contributed by atoms with Crippen LogP contribution in [0.1, 0.15) is 10.5 Å². The largest absolute Gasteiger partial charge is 0.506 e. The minimum absolute atomic E-state index is 0.00480. The minimum atomic E-state index is -1.06. The highest BCUT2D eigenvalue weighted by Crippen LogP contribution is 2.29. The number of benzene rings is 1. The summed E-state index contributed by atoms with van der Waals surface area (Å²) in [6.45, 7) is 0. The highest BCUT2D eigenvalue weighted by atomic mass is 16.4. The van der Waals surface area contributed by atoms with Crippen LogP contribution in [-0.2, 0) is 0 Å². The molecule has 0 aliphatic carbocycles. The zero-order valence-electron chi connectivity index (χ0n) is 9.71. The number of rotatable bonds is 3. The van der Waals surface area contributed by atoms with Crippen molar-refractivity contribution in [2.45, 2.75) is 0 Å². The van der Waals surface area contributed by atoms with Crippen molar-refractivity contribution in [3.05, 3.63) is 42.2 Å². The van der Waals surface area contributed by atoms with Gasteiger partial charge < -0.3 is 15.5 Å². The molecule has 0 amide bonds. The molecule has 2 rings (SSSR count). The maximum absolute atomic E-state index is 10.7. The Morgan fingerprint density at radius 2 is 1.94 bits per heavy atom. The maximum Gasteiger partial charge on any atom is 0.354 e. The summed E-state index contributed by atoms with van der Waals surface area (Å²) < 4.78 is 0. The SMILES string of the molecule is CNc1ccc(-c2ccc(C(=O)O)nc2)cc1O. The Balaban J connectivity index is 2.36. The number of hydrogen-bond donors (Lipinski definition) is 3. The second kappa shape index (κ2) is 4.75.